The molecule has 0 unspecified atom stereocenters. The van der Waals surface area contributed by atoms with Crippen LogP contribution in [0.15, 0.2) is 36.8 Å². The predicted octanol–water partition coefficient (Wildman–Crippen LogP) is -5.36. The van der Waals surface area contributed by atoms with Crippen LogP contribution in [-0.2, 0) is 70.4 Å². The van der Waals surface area contributed by atoms with Gasteiger partial charge < -0.3 is 88.6 Å². The minimum Gasteiger partial charge on any atom is -0.508 e. The summed E-state index contributed by atoms with van der Waals surface area (Å²) < 4.78 is 0. The third kappa shape index (κ3) is 19.7. The molecule has 0 spiro atoms. The number of likely N-dealkylation sites (tertiary alicyclic amines) is 1. The van der Waals surface area contributed by atoms with Crippen molar-refractivity contribution < 1.29 is 93.3 Å². The highest BCUT2D eigenvalue weighted by atomic mass is 32.2. The van der Waals surface area contributed by atoms with Crippen molar-refractivity contribution in [3.05, 3.63) is 48.0 Å². The van der Waals surface area contributed by atoms with E-state index >= 15 is 0 Å². The van der Waals surface area contributed by atoms with Gasteiger partial charge in [0.05, 0.1) is 43.8 Å². The molecule has 1 saturated heterocycles. The summed E-state index contributed by atoms with van der Waals surface area (Å²) >= 11 is 1.47. The number of hydrogen-bond donors (Lipinski definition) is 16. The molecule has 1 aliphatic rings. The Morgan fingerprint density at radius 3 is 1.58 bits per heavy atom. The van der Waals surface area contributed by atoms with Gasteiger partial charge in [0.2, 0.25) is 47.3 Å². The van der Waals surface area contributed by atoms with Crippen LogP contribution in [0.25, 0.3) is 0 Å². The van der Waals surface area contributed by atoms with Crippen LogP contribution in [0.4, 0.5) is 0 Å². The number of hydrogen-bond acceptors (Lipinski definition) is 18. The maximum absolute atomic E-state index is 13.9. The fourth-order valence-corrected chi connectivity index (χ4v) is 8.07. The minimum absolute atomic E-state index is 0.128. The van der Waals surface area contributed by atoms with E-state index in [-0.39, 0.29) is 37.3 Å². The summed E-state index contributed by atoms with van der Waals surface area (Å²) in [6, 6.07) is -10.6. The zero-order valence-electron chi connectivity index (χ0n) is 41.3. The summed E-state index contributed by atoms with van der Waals surface area (Å²) in [6.45, 7) is 2.17. The van der Waals surface area contributed by atoms with Gasteiger partial charge in [-0.3, -0.25) is 52.7 Å². The highest BCUT2D eigenvalue weighted by Gasteiger charge is 2.40. The van der Waals surface area contributed by atoms with Crippen molar-refractivity contribution in [1.29, 1.82) is 0 Å². The third-order valence-electron chi connectivity index (χ3n) is 11.6. The molecule has 0 radical (unpaired) electrons. The summed E-state index contributed by atoms with van der Waals surface area (Å²) in [4.78, 5) is 164. The van der Waals surface area contributed by atoms with Crippen LogP contribution < -0.4 is 43.0 Å². The molecule has 2 aromatic rings. The lowest BCUT2D eigenvalue weighted by Crippen LogP contribution is -2.63. The molecular formula is C45H63N11O19S. The number of aromatic nitrogens is 2. The number of nitrogens with one attached hydrogen (secondary N) is 8. The normalized spacial score (nSPS) is 17.0. The molecule has 1 aliphatic heterocycles. The summed E-state index contributed by atoms with van der Waals surface area (Å²) in [7, 11) is 0. The average molecular weight is 1090 g/mol. The Morgan fingerprint density at radius 1 is 0.671 bits per heavy atom. The van der Waals surface area contributed by atoms with Crippen molar-refractivity contribution in [2.24, 2.45) is 5.73 Å². The first-order valence-electron chi connectivity index (χ1n) is 23.4. The van der Waals surface area contributed by atoms with E-state index in [1.807, 2.05) is 22.2 Å². The number of phenols is 1. The molecular weight excluding hydrogens is 1030 g/mol. The largest absolute Gasteiger partial charge is 0.508 e. The second-order valence-electron chi connectivity index (χ2n) is 17.6. The van der Waals surface area contributed by atoms with Gasteiger partial charge in [-0.2, -0.15) is 11.8 Å². The molecule has 8 amide bonds. The van der Waals surface area contributed by atoms with E-state index < -0.39 is 157 Å². The molecule has 11 atom stereocenters. The Bertz CT molecular complexity index is 2410. The Hall–Kier alpha value is -7.90. The number of aliphatic carboxylic acids is 4. The number of rotatable bonds is 31. The fraction of sp³-hybridized carbons (Fsp3) is 0.533. The zero-order valence-corrected chi connectivity index (χ0v) is 42.1. The molecule has 30 nitrogen and oxygen atoms in total. The van der Waals surface area contributed by atoms with Gasteiger partial charge in [0.1, 0.15) is 54.1 Å². The number of phenolic OH excluding ortho intramolecular Hbond substituents is 1. The van der Waals surface area contributed by atoms with E-state index in [9.17, 15) is 93.3 Å². The maximum atomic E-state index is 13.9. The maximum Gasteiger partial charge on any atom is 0.326 e. The van der Waals surface area contributed by atoms with E-state index in [1.165, 1.54) is 53.5 Å². The minimum atomic E-state index is -2.25. The lowest BCUT2D eigenvalue weighted by atomic mass is 10.0. The molecule has 0 aliphatic carbocycles. The van der Waals surface area contributed by atoms with Crippen LogP contribution in [0, 0.1) is 0 Å². The average Bonchev–Trinajstić information content (AvgIpc) is 4.06. The van der Waals surface area contributed by atoms with E-state index in [0.717, 1.165) is 13.8 Å². The number of imidazole rings is 1. The van der Waals surface area contributed by atoms with Crippen molar-refractivity contribution in [1.82, 2.24) is 52.1 Å². The van der Waals surface area contributed by atoms with Crippen molar-refractivity contribution in [3.63, 3.8) is 0 Å². The highest BCUT2D eigenvalue weighted by molar-refractivity contribution is 7.98. The predicted molar refractivity (Wildman–Crippen MR) is 261 cm³/mol. The van der Waals surface area contributed by atoms with Gasteiger partial charge in [-0.1, -0.05) is 12.1 Å². The summed E-state index contributed by atoms with van der Waals surface area (Å²) in [5.74, 6) is -16.0. The number of nitrogens with zero attached hydrogens (tertiary/aromatic N) is 2. The molecule has 418 valence electrons. The van der Waals surface area contributed by atoms with Crippen LogP contribution in [0.2, 0.25) is 0 Å². The first kappa shape index (κ1) is 62.4. The lowest BCUT2D eigenvalue weighted by Gasteiger charge is -2.29. The molecule has 3 rings (SSSR count). The molecule has 0 bridgehead atoms. The molecule has 1 aromatic carbocycles. The van der Waals surface area contributed by atoms with Crippen LogP contribution in [0.1, 0.15) is 63.6 Å². The SMILES string of the molecule is CSCC[C@H](N)C(=O)N1CCC[C@H]1C(=O)N[C@@H](Cc1cnc[nH]1)C(=O)N[C@@H](CC(=O)O)C(=O)N[C@@H](CC(=O)O)C(=O)N[C@@H](CC(=O)O)C(=O)N[C@H](C(=O)N[C@H](C(=O)N[C@@H](Cc1ccc(O)cc1)C(=O)O)[C@@H](C)O)[C@@H](C)O. The summed E-state index contributed by atoms with van der Waals surface area (Å²) in [6.07, 6.45) is -2.76. The molecule has 2 heterocycles. The highest BCUT2D eigenvalue weighted by Crippen LogP contribution is 2.20. The first-order valence-corrected chi connectivity index (χ1v) is 24.8. The van der Waals surface area contributed by atoms with Gasteiger partial charge in [0, 0.05) is 31.3 Å². The third-order valence-corrected chi connectivity index (χ3v) is 12.2. The number of carbonyl (C=O) groups excluding carboxylic acids is 8. The number of aliphatic hydroxyl groups is 2. The van der Waals surface area contributed by atoms with E-state index in [4.69, 9.17) is 5.73 Å². The Balaban J connectivity index is 1.82. The molecule has 1 fully saturated rings. The zero-order chi connectivity index (χ0) is 57.0. The van der Waals surface area contributed by atoms with Gasteiger partial charge in [0.15, 0.2) is 0 Å². The molecule has 1 aromatic heterocycles. The van der Waals surface area contributed by atoms with Crippen molar-refractivity contribution in [2.45, 2.75) is 132 Å². The second kappa shape index (κ2) is 29.9. The number of amides is 8. The number of nitrogens with two attached hydrogens (primary N) is 1. The van der Waals surface area contributed by atoms with E-state index in [1.54, 1.807) is 0 Å². The number of benzene rings is 1. The van der Waals surface area contributed by atoms with Gasteiger partial charge >= 0.3 is 23.9 Å². The second-order valence-corrected chi connectivity index (χ2v) is 18.6. The quantitative estimate of drug-likeness (QED) is 0.0335. The van der Waals surface area contributed by atoms with Crippen LogP contribution >= 0.6 is 11.8 Å². The van der Waals surface area contributed by atoms with Crippen LogP contribution in [0.5, 0.6) is 5.75 Å². The number of thioether (sulfide) groups is 1. The number of aliphatic hydroxyl groups excluding tert-OH is 2. The van der Waals surface area contributed by atoms with Crippen LogP contribution in [-0.4, -0.2) is 207 Å². The van der Waals surface area contributed by atoms with Gasteiger partial charge in [-0.15, -0.1) is 0 Å². The summed E-state index contributed by atoms with van der Waals surface area (Å²) in [5, 5.41) is 84.1. The first-order chi connectivity index (χ1) is 35.7. The standard InChI is InChI=1S/C45H63N11O19S/c1-20(57)35(42(71)53-30(45(74)75)13-22-6-8-24(59)9-7-22)55-43(72)36(21(2)58)54-40(69)29(17-34(64)65)51-39(68)28(16-33(62)63)50-38(67)27(15-32(60)61)49-37(66)26(14-23-18-47-19-48-23)52-41(70)31-5-4-11-56(31)44(73)25(46)10-12-76-3/h6-9,18-21,25-31,35-36,57-59H,4-5,10-17,46H2,1-3H3,(H,47,48)(H,49,66)(H,50,67)(H,51,68)(H,52,70)(H,53,71)(H,54,69)(H,55,72)(H,60,61)(H,62,63)(H,64,65)(H,74,75)/t20-,21-,25+,26+,27+,28+,29+,30+,31+,35+,36+/m1/s1. The van der Waals surface area contributed by atoms with Gasteiger partial charge in [0.25, 0.3) is 0 Å². The lowest BCUT2D eigenvalue weighted by molar-refractivity contribution is -0.144. The van der Waals surface area contributed by atoms with Crippen LogP contribution in [0.3, 0.4) is 0 Å². The van der Waals surface area contributed by atoms with Gasteiger partial charge in [-0.25, -0.2) is 9.78 Å². The smallest absolute Gasteiger partial charge is 0.326 e. The van der Waals surface area contributed by atoms with Crippen molar-refractivity contribution >= 4 is 82.9 Å². The topological polar surface area (TPSA) is 489 Å². The fourth-order valence-electron chi connectivity index (χ4n) is 7.58. The molecule has 76 heavy (non-hydrogen) atoms. The molecule has 31 heteroatoms. The molecule has 17 N–H and O–H groups in total. The monoisotopic (exact) mass is 1090 g/mol. The number of carboxylic acid groups (broad SMARTS) is 4. The van der Waals surface area contributed by atoms with Gasteiger partial charge in [-0.05, 0) is 62.8 Å². The Kier molecular flexibility index (Phi) is 24.5. The van der Waals surface area contributed by atoms with E-state index in [2.05, 4.69) is 31.2 Å². The summed E-state index contributed by atoms with van der Waals surface area (Å²) in [5.41, 5.74) is 6.72. The number of H-pyrrole nitrogens is 1. The van der Waals surface area contributed by atoms with Crippen molar-refractivity contribution in [2.75, 3.05) is 18.6 Å². The van der Waals surface area contributed by atoms with Crippen molar-refractivity contribution in [3.8, 4) is 5.75 Å². The Labute approximate surface area is 437 Å². The Morgan fingerprint density at radius 2 is 1.13 bits per heavy atom. The number of carboxylic acids is 4. The number of aromatic amines is 1. The molecule has 0 saturated carbocycles. The van der Waals surface area contributed by atoms with E-state index in [0.29, 0.717) is 24.2 Å². The number of aromatic hydroxyl groups is 1. The number of carbonyl (C=O) groups is 12.